The Bertz CT molecular complexity index is 1140. The number of nitrogens with zero attached hydrogens (tertiary/aromatic N) is 3. The number of benzene rings is 1. The summed E-state index contributed by atoms with van der Waals surface area (Å²) >= 11 is 3.25. The van der Waals surface area contributed by atoms with Crippen molar-refractivity contribution < 1.29 is 9.59 Å². The van der Waals surface area contributed by atoms with Gasteiger partial charge in [0.15, 0.2) is 5.65 Å². The molecule has 0 saturated heterocycles. The van der Waals surface area contributed by atoms with Gasteiger partial charge in [0.25, 0.3) is 11.8 Å². The number of nitrogens with one attached hydrogen (secondary N) is 3. The molecular formula is C18H13BrN6O2. The highest BCUT2D eigenvalue weighted by Gasteiger charge is 2.17. The lowest BCUT2D eigenvalue weighted by Crippen LogP contribution is -2.41. The van der Waals surface area contributed by atoms with Crippen LogP contribution in [0.3, 0.4) is 0 Å². The molecule has 1 aromatic carbocycles. The van der Waals surface area contributed by atoms with E-state index < -0.39 is 11.8 Å². The number of fused-ring (bicyclic) bond motifs is 1. The van der Waals surface area contributed by atoms with E-state index in [1.165, 1.54) is 6.20 Å². The van der Waals surface area contributed by atoms with E-state index in [2.05, 4.69) is 41.8 Å². The SMILES string of the molecule is O=C(NNC(=O)c1cnn2c(-c3ccccc3)ccnc12)c1cc(Br)c[nH]1. The number of carbonyl (C=O) groups is 2. The molecule has 0 unspecified atom stereocenters. The Labute approximate surface area is 161 Å². The van der Waals surface area contributed by atoms with Crippen molar-refractivity contribution in [3.8, 4) is 11.3 Å². The average Bonchev–Trinajstić information content (AvgIpc) is 3.32. The van der Waals surface area contributed by atoms with Crippen LogP contribution in [0.2, 0.25) is 0 Å². The predicted molar refractivity (Wildman–Crippen MR) is 102 cm³/mol. The van der Waals surface area contributed by atoms with Crippen LogP contribution in [0.1, 0.15) is 20.8 Å². The fourth-order valence-electron chi connectivity index (χ4n) is 2.63. The van der Waals surface area contributed by atoms with Crippen LogP contribution in [0.4, 0.5) is 0 Å². The van der Waals surface area contributed by atoms with Gasteiger partial charge in [0.05, 0.1) is 11.9 Å². The summed E-state index contributed by atoms with van der Waals surface area (Å²) in [6.07, 6.45) is 4.66. The summed E-state index contributed by atoms with van der Waals surface area (Å²) in [4.78, 5) is 31.5. The molecule has 0 aliphatic heterocycles. The molecule has 0 spiro atoms. The molecule has 0 atom stereocenters. The number of hydrogen-bond donors (Lipinski definition) is 3. The van der Waals surface area contributed by atoms with Crippen molar-refractivity contribution in [3.05, 3.63) is 76.8 Å². The first-order valence-electron chi connectivity index (χ1n) is 7.96. The molecule has 9 heteroatoms. The summed E-state index contributed by atoms with van der Waals surface area (Å²) in [6.45, 7) is 0. The van der Waals surface area contributed by atoms with E-state index in [0.717, 1.165) is 15.7 Å². The van der Waals surface area contributed by atoms with Crippen molar-refractivity contribution in [2.45, 2.75) is 0 Å². The number of aromatic amines is 1. The van der Waals surface area contributed by atoms with Crippen molar-refractivity contribution in [3.63, 3.8) is 0 Å². The number of aromatic nitrogens is 4. The Morgan fingerprint density at radius 3 is 2.59 bits per heavy atom. The van der Waals surface area contributed by atoms with Gasteiger partial charge in [-0.15, -0.1) is 0 Å². The maximum absolute atomic E-state index is 12.5. The summed E-state index contributed by atoms with van der Waals surface area (Å²) in [5, 5.41) is 4.27. The van der Waals surface area contributed by atoms with Crippen LogP contribution in [0.5, 0.6) is 0 Å². The molecule has 3 N–H and O–H groups in total. The van der Waals surface area contributed by atoms with E-state index in [9.17, 15) is 9.59 Å². The van der Waals surface area contributed by atoms with Gasteiger partial charge in [0.2, 0.25) is 0 Å². The number of halogens is 1. The molecule has 0 aliphatic rings. The zero-order chi connectivity index (χ0) is 18.8. The summed E-state index contributed by atoms with van der Waals surface area (Å²) in [5.74, 6) is -0.981. The quantitative estimate of drug-likeness (QED) is 0.439. The standard InChI is InChI=1S/C18H13BrN6O2/c19-12-8-14(21-9-12)18(27)24-23-17(26)13-10-22-25-15(6-7-20-16(13)25)11-4-2-1-3-5-11/h1-10,21H,(H,23,26)(H,24,27). The minimum atomic E-state index is -0.512. The molecule has 27 heavy (non-hydrogen) atoms. The van der Waals surface area contributed by atoms with Crippen molar-refractivity contribution in [1.29, 1.82) is 0 Å². The number of hydrogen-bond acceptors (Lipinski definition) is 4. The third-order valence-corrected chi connectivity index (χ3v) is 4.36. The van der Waals surface area contributed by atoms with Crippen LogP contribution in [0.25, 0.3) is 16.9 Å². The smallest absolute Gasteiger partial charge is 0.286 e. The van der Waals surface area contributed by atoms with Crippen LogP contribution in [0, 0.1) is 0 Å². The number of carbonyl (C=O) groups excluding carboxylic acids is 2. The molecule has 8 nitrogen and oxygen atoms in total. The van der Waals surface area contributed by atoms with E-state index in [-0.39, 0.29) is 5.56 Å². The van der Waals surface area contributed by atoms with E-state index in [0.29, 0.717) is 11.3 Å². The van der Waals surface area contributed by atoms with Crippen LogP contribution in [0.15, 0.2) is 65.5 Å². The number of hydrazine groups is 1. The van der Waals surface area contributed by atoms with Crippen LogP contribution in [-0.4, -0.2) is 31.4 Å². The molecule has 0 aliphatic carbocycles. The van der Waals surface area contributed by atoms with Gasteiger partial charge >= 0.3 is 0 Å². The zero-order valence-electron chi connectivity index (χ0n) is 13.8. The van der Waals surface area contributed by atoms with Gasteiger partial charge in [-0.1, -0.05) is 30.3 Å². The number of rotatable bonds is 3. The molecule has 4 rings (SSSR count). The number of H-pyrrole nitrogens is 1. The Morgan fingerprint density at radius 1 is 1.07 bits per heavy atom. The van der Waals surface area contributed by atoms with Gasteiger partial charge in [-0.3, -0.25) is 20.4 Å². The third-order valence-electron chi connectivity index (χ3n) is 3.90. The average molecular weight is 425 g/mol. The minimum absolute atomic E-state index is 0.251. The van der Waals surface area contributed by atoms with Gasteiger partial charge in [0.1, 0.15) is 11.3 Å². The highest BCUT2D eigenvalue weighted by Crippen LogP contribution is 2.20. The largest absolute Gasteiger partial charge is 0.356 e. The first kappa shape index (κ1) is 17.0. The van der Waals surface area contributed by atoms with Crippen LogP contribution < -0.4 is 10.9 Å². The molecule has 3 aromatic heterocycles. The van der Waals surface area contributed by atoms with E-state index >= 15 is 0 Å². The maximum atomic E-state index is 12.5. The molecule has 0 bridgehead atoms. The molecule has 0 radical (unpaired) electrons. The lowest BCUT2D eigenvalue weighted by atomic mass is 10.1. The summed E-state index contributed by atoms with van der Waals surface area (Å²) in [6, 6.07) is 13.1. The fraction of sp³-hybridized carbons (Fsp3) is 0. The molecule has 4 aromatic rings. The van der Waals surface area contributed by atoms with E-state index in [1.807, 2.05) is 36.4 Å². The molecule has 0 saturated carbocycles. The summed E-state index contributed by atoms with van der Waals surface area (Å²) in [7, 11) is 0. The second kappa shape index (κ2) is 7.04. The second-order valence-corrected chi connectivity index (χ2v) is 6.55. The molecular weight excluding hydrogens is 412 g/mol. The Hall–Kier alpha value is -3.46. The minimum Gasteiger partial charge on any atom is -0.356 e. The van der Waals surface area contributed by atoms with E-state index in [1.54, 1.807) is 23.0 Å². The normalized spacial score (nSPS) is 10.7. The Balaban J connectivity index is 1.57. The third kappa shape index (κ3) is 3.32. The lowest BCUT2D eigenvalue weighted by molar-refractivity contribution is 0.0845. The summed E-state index contributed by atoms with van der Waals surface area (Å²) in [5.41, 5.74) is 7.44. The first-order valence-corrected chi connectivity index (χ1v) is 8.75. The van der Waals surface area contributed by atoms with E-state index in [4.69, 9.17) is 0 Å². The van der Waals surface area contributed by atoms with Gasteiger partial charge in [-0.25, -0.2) is 9.50 Å². The van der Waals surface area contributed by atoms with Gasteiger partial charge in [-0.05, 0) is 28.1 Å². The predicted octanol–water partition coefficient (Wildman–Crippen LogP) is 2.56. The molecule has 134 valence electrons. The highest BCUT2D eigenvalue weighted by atomic mass is 79.9. The maximum Gasteiger partial charge on any atom is 0.286 e. The monoisotopic (exact) mass is 424 g/mol. The summed E-state index contributed by atoms with van der Waals surface area (Å²) < 4.78 is 2.33. The van der Waals surface area contributed by atoms with Gasteiger partial charge < -0.3 is 4.98 Å². The molecule has 3 heterocycles. The number of amides is 2. The first-order chi connectivity index (χ1) is 13.1. The fourth-order valence-corrected chi connectivity index (χ4v) is 2.97. The van der Waals surface area contributed by atoms with Gasteiger partial charge in [0, 0.05) is 22.4 Å². The van der Waals surface area contributed by atoms with Crippen molar-refractivity contribution in [2.24, 2.45) is 0 Å². The second-order valence-electron chi connectivity index (χ2n) is 5.63. The Morgan fingerprint density at radius 2 is 1.85 bits per heavy atom. The lowest BCUT2D eigenvalue weighted by Gasteiger charge is -2.06. The topological polar surface area (TPSA) is 104 Å². The molecule has 0 fully saturated rings. The Kier molecular flexibility index (Phi) is 4.43. The van der Waals surface area contributed by atoms with Crippen LogP contribution >= 0.6 is 15.9 Å². The van der Waals surface area contributed by atoms with Crippen molar-refractivity contribution >= 4 is 33.4 Å². The van der Waals surface area contributed by atoms with Crippen molar-refractivity contribution in [2.75, 3.05) is 0 Å². The van der Waals surface area contributed by atoms with Crippen LogP contribution in [-0.2, 0) is 0 Å². The zero-order valence-corrected chi connectivity index (χ0v) is 15.4. The van der Waals surface area contributed by atoms with Gasteiger partial charge in [-0.2, -0.15) is 5.10 Å². The molecule has 2 amide bonds. The van der Waals surface area contributed by atoms with Crippen molar-refractivity contribution in [1.82, 2.24) is 30.4 Å². The highest BCUT2D eigenvalue weighted by molar-refractivity contribution is 9.10.